The Hall–Kier alpha value is -4.67. The zero-order valence-corrected chi connectivity index (χ0v) is 26.0. The number of rotatable bonds is 11. The predicted octanol–water partition coefficient (Wildman–Crippen LogP) is 5.38. The summed E-state index contributed by atoms with van der Waals surface area (Å²) >= 11 is 0. The van der Waals surface area contributed by atoms with Crippen LogP contribution in [0.4, 0.5) is 5.69 Å². The van der Waals surface area contributed by atoms with Crippen molar-refractivity contribution in [3.8, 4) is 5.75 Å². The van der Waals surface area contributed by atoms with Crippen molar-refractivity contribution >= 4 is 27.7 Å². The summed E-state index contributed by atoms with van der Waals surface area (Å²) in [6.07, 6.45) is 0. The molecule has 0 amide bonds. The highest BCUT2D eigenvalue weighted by molar-refractivity contribution is 7.90. The summed E-state index contributed by atoms with van der Waals surface area (Å²) in [6.45, 7) is 2.40. The number of methoxy groups -OCH3 is 1. The van der Waals surface area contributed by atoms with Crippen LogP contribution in [0.3, 0.4) is 0 Å². The van der Waals surface area contributed by atoms with E-state index in [1.165, 1.54) is 14.1 Å². The van der Waals surface area contributed by atoms with E-state index in [4.69, 9.17) is 14.5 Å². The zero-order chi connectivity index (χ0) is 31.3. The molecule has 0 unspecified atom stereocenters. The Labute approximate surface area is 258 Å². The monoisotopic (exact) mass is 612 g/mol. The SMILES string of the molecule is CCOC(=O)[C@@]1(c2ccccc2)N=C(c2ccc(OC)cc2)N(Cc2ccccc2)[C@H]1c1ccc(NS(=O)(=O)N(C)C)cc1. The number of carbonyl (C=O) groups is 1. The predicted molar refractivity (Wildman–Crippen MR) is 172 cm³/mol. The molecule has 0 saturated carbocycles. The fourth-order valence-electron chi connectivity index (χ4n) is 5.38. The van der Waals surface area contributed by atoms with Gasteiger partial charge in [-0.05, 0) is 60.0 Å². The normalized spacial score (nSPS) is 18.2. The van der Waals surface area contributed by atoms with Gasteiger partial charge in [-0.3, -0.25) is 4.72 Å². The molecule has 44 heavy (non-hydrogen) atoms. The first-order chi connectivity index (χ1) is 21.2. The van der Waals surface area contributed by atoms with Gasteiger partial charge in [-0.15, -0.1) is 0 Å². The number of hydrogen-bond donors (Lipinski definition) is 1. The van der Waals surface area contributed by atoms with Gasteiger partial charge in [0, 0.05) is 31.9 Å². The van der Waals surface area contributed by atoms with Gasteiger partial charge in [0.2, 0.25) is 5.54 Å². The molecule has 1 heterocycles. The van der Waals surface area contributed by atoms with Gasteiger partial charge in [0.15, 0.2) is 0 Å². The number of benzene rings is 4. The summed E-state index contributed by atoms with van der Waals surface area (Å²) in [6, 6.07) is 33.5. The van der Waals surface area contributed by atoms with Crippen LogP contribution in [-0.4, -0.2) is 57.2 Å². The molecule has 0 aliphatic carbocycles. The standard InChI is InChI=1S/C34H36N4O5S/c1-5-43-33(39)34(28-14-10-7-11-15-28)31(26-16-20-29(21-17-26)36-44(40,41)37(2)3)38(24-25-12-8-6-9-13-25)32(35-34)27-18-22-30(42-4)23-19-27/h6-23,31,36H,5,24H2,1-4H3/t31-,34-/m0/s1. The van der Waals surface area contributed by atoms with Gasteiger partial charge in [-0.25, -0.2) is 9.79 Å². The van der Waals surface area contributed by atoms with Crippen LogP contribution < -0.4 is 9.46 Å². The molecule has 9 nitrogen and oxygen atoms in total. The molecule has 0 spiro atoms. The topological polar surface area (TPSA) is 101 Å². The first-order valence-corrected chi connectivity index (χ1v) is 15.7. The fourth-order valence-corrected chi connectivity index (χ4v) is 6.00. The van der Waals surface area contributed by atoms with Crippen LogP contribution in [0.2, 0.25) is 0 Å². The lowest BCUT2D eigenvalue weighted by Crippen LogP contribution is -2.44. The summed E-state index contributed by atoms with van der Waals surface area (Å²) < 4.78 is 39.9. The summed E-state index contributed by atoms with van der Waals surface area (Å²) in [5, 5.41) is 0. The van der Waals surface area contributed by atoms with Crippen molar-refractivity contribution in [2.24, 2.45) is 4.99 Å². The van der Waals surface area contributed by atoms with Gasteiger partial charge in [0.1, 0.15) is 11.6 Å². The van der Waals surface area contributed by atoms with Crippen LogP contribution in [-0.2, 0) is 31.8 Å². The number of nitrogens with one attached hydrogen (secondary N) is 1. The minimum atomic E-state index is -3.71. The molecule has 10 heteroatoms. The molecular formula is C34H36N4O5S. The first kappa shape index (κ1) is 30.8. The number of ether oxygens (including phenoxy) is 2. The molecule has 5 rings (SSSR count). The van der Waals surface area contributed by atoms with E-state index >= 15 is 0 Å². The smallest absolute Gasteiger partial charge is 0.341 e. The number of hydrogen-bond acceptors (Lipinski definition) is 7. The molecule has 0 saturated heterocycles. The summed E-state index contributed by atoms with van der Waals surface area (Å²) in [5.41, 5.74) is 2.21. The van der Waals surface area contributed by atoms with Crippen molar-refractivity contribution in [1.29, 1.82) is 0 Å². The van der Waals surface area contributed by atoms with E-state index in [0.29, 0.717) is 29.4 Å². The Bertz CT molecular complexity index is 1710. The average Bonchev–Trinajstić information content (AvgIpc) is 3.38. The van der Waals surface area contributed by atoms with E-state index in [9.17, 15) is 13.2 Å². The van der Waals surface area contributed by atoms with Crippen LogP contribution in [0.15, 0.2) is 114 Å². The summed E-state index contributed by atoms with van der Waals surface area (Å²) in [7, 11) is 0.830. The summed E-state index contributed by atoms with van der Waals surface area (Å²) in [5.74, 6) is 0.847. The Morgan fingerprint density at radius 2 is 1.52 bits per heavy atom. The molecule has 228 valence electrons. The lowest BCUT2D eigenvalue weighted by molar-refractivity contribution is -0.151. The third kappa shape index (κ3) is 6.04. The van der Waals surface area contributed by atoms with E-state index in [1.807, 2.05) is 97.1 Å². The molecular weight excluding hydrogens is 576 g/mol. The number of esters is 1. The van der Waals surface area contributed by atoms with Crippen LogP contribution in [0.5, 0.6) is 5.75 Å². The minimum Gasteiger partial charge on any atom is -0.497 e. The number of carbonyl (C=O) groups excluding carboxylic acids is 1. The highest BCUT2D eigenvalue weighted by atomic mass is 32.2. The van der Waals surface area contributed by atoms with Crippen molar-refractivity contribution in [1.82, 2.24) is 9.21 Å². The van der Waals surface area contributed by atoms with E-state index < -0.39 is 27.8 Å². The lowest BCUT2D eigenvalue weighted by Gasteiger charge is -2.37. The maximum absolute atomic E-state index is 14.3. The van der Waals surface area contributed by atoms with Crippen molar-refractivity contribution in [3.63, 3.8) is 0 Å². The van der Waals surface area contributed by atoms with Crippen molar-refractivity contribution in [2.75, 3.05) is 32.5 Å². The van der Waals surface area contributed by atoms with Gasteiger partial charge >= 0.3 is 16.2 Å². The molecule has 1 aliphatic heterocycles. The molecule has 4 aromatic carbocycles. The maximum Gasteiger partial charge on any atom is 0.341 e. The van der Waals surface area contributed by atoms with E-state index in [2.05, 4.69) is 9.62 Å². The molecule has 1 N–H and O–H groups in total. The second-order valence-corrected chi connectivity index (χ2v) is 12.4. The zero-order valence-electron chi connectivity index (χ0n) is 25.2. The molecule has 1 aliphatic rings. The van der Waals surface area contributed by atoms with E-state index in [0.717, 1.165) is 21.0 Å². The van der Waals surface area contributed by atoms with E-state index in [-0.39, 0.29) is 6.61 Å². The molecule has 0 radical (unpaired) electrons. The molecule has 2 atom stereocenters. The highest BCUT2D eigenvalue weighted by Crippen LogP contribution is 2.50. The van der Waals surface area contributed by atoms with Gasteiger partial charge in [0.25, 0.3) is 0 Å². The molecule has 0 fully saturated rings. The number of aliphatic imine (C=N–C) groups is 1. The van der Waals surface area contributed by atoms with Gasteiger partial charge < -0.3 is 14.4 Å². The lowest BCUT2D eigenvalue weighted by atomic mass is 9.79. The number of anilines is 1. The second-order valence-electron chi connectivity index (χ2n) is 10.5. The van der Waals surface area contributed by atoms with Gasteiger partial charge in [0.05, 0.1) is 19.8 Å². The van der Waals surface area contributed by atoms with Crippen molar-refractivity contribution < 1.29 is 22.7 Å². The number of amidine groups is 1. The van der Waals surface area contributed by atoms with Crippen molar-refractivity contribution in [2.45, 2.75) is 25.0 Å². The Morgan fingerprint density at radius 1 is 0.909 bits per heavy atom. The van der Waals surface area contributed by atoms with E-state index in [1.54, 1.807) is 26.2 Å². The van der Waals surface area contributed by atoms with Gasteiger partial charge in [-0.1, -0.05) is 72.8 Å². The van der Waals surface area contributed by atoms with Crippen LogP contribution >= 0.6 is 0 Å². The summed E-state index contributed by atoms with van der Waals surface area (Å²) in [4.78, 5) is 21.7. The molecule has 0 bridgehead atoms. The highest BCUT2D eigenvalue weighted by Gasteiger charge is 2.57. The van der Waals surface area contributed by atoms with Crippen LogP contribution in [0.25, 0.3) is 0 Å². The van der Waals surface area contributed by atoms with Crippen LogP contribution in [0, 0.1) is 0 Å². The Kier molecular flexibility index (Phi) is 9.03. The second kappa shape index (κ2) is 12.9. The maximum atomic E-state index is 14.3. The molecule has 4 aromatic rings. The largest absolute Gasteiger partial charge is 0.497 e. The number of nitrogens with zero attached hydrogens (tertiary/aromatic N) is 3. The third-order valence-electron chi connectivity index (χ3n) is 7.56. The third-order valence-corrected chi connectivity index (χ3v) is 9.02. The van der Waals surface area contributed by atoms with Gasteiger partial charge in [-0.2, -0.15) is 12.7 Å². The first-order valence-electron chi connectivity index (χ1n) is 14.3. The Balaban J connectivity index is 1.74. The minimum absolute atomic E-state index is 0.178. The van der Waals surface area contributed by atoms with Crippen molar-refractivity contribution in [3.05, 3.63) is 131 Å². The quantitative estimate of drug-likeness (QED) is 0.229. The fraction of sp³-hybridized carbons (Fsp3) is 0.235. The Morgan fingerprint density at radius 3 is 2.09 bits per heavy atom. The molecule has 0 aromatic heterocycles. The average molecular weight is 613 g/mol. The van der Waals surface area contributed by atoms with Crippen LogP contribution in [0.1, 0.15) is 35.2 Å².